The minimum atomic E-state index is -0.0329. The van der Waals surface area contributed by atoms with Gasteiger partial charge < -0.3 is 10.2 Å². The van der Waals surface area contributed by atoms with Gasteiger partial charge >= 0.3 is 0 Å². The van der Waals surface area contributed by atoms with E-state index < -0.39 is 0 Å². The van der Waals surface area contributed by atoms with Crippen LogP contribution < -0.4 is 0 Å². The largest absolute Gasteiger partial charge is 0.512 e. The number of aliphatic hydroxyl groups excluding tert-OH is 2. The third kappa shape index (κ3) is 6.20. The Bertz CT molecular complexity index is 1800. The average Bonchev–Trinajstić information content (AvgIpc) is 4.04. The molecule has 0 aromatic heterocycles. The van der Waals surface area contributed by atoms with E-state index in [1.165, 1.54) is 134 Å². The van der Waals surface area contributed by atoms with Crippen molar-refractivity contribution in [3.8, 4) is 0 Å². The van der Waals surface area contributed by atoms with E-state index in [2.05, 4.69) is 110 Å². The maximum Gasteiger partial charge on any atom is 0.0953 e. The summed E-state index contributed by atoms with van der Waals surface area (Å²) in [6.45, 7) is 39.7. The van der Waals surface area contributed by atoms with E-state index >= 15 is 0 Å². The number of aliphatic hydroxyl groups is 2. The first-order valence-corrected chi connectivity index (χ1v) is 28.1. The third-order valence-electron chi connectivity index (χ3n) is 26.1. The van der Waals surface area contributed by atoms with Crippen molar-refractivity contribution in [1.29, 1.82) is 0 Å². The van der Waals surface area contributed by atoms with Gasteiger partial charge in [0.15, 0.2) is 0 Å². The van der Waals surface area contributed by atoms with Crippen LogP contribution in [-0.2, 0) is 0 Å². The fraction of sp³-hybridized carbons (Fsp3) is 0.934. The Kier molecular flexibility index (Phi) is 11.4. The molecule has 358 valence electrons. The van der Waals surface area contributed by atoms with Gasteiger partial charge in [0.1, 0.15) is 0 Å². The molecule has 2 N–H and O–H groups in total. The summed E-state index contributed by atoms with van der Waals surface area (Å²) in [6, 6.07) is 0. The predicted molar refractivity (Wildman–Crippen MR) is 266 cm³/mol. The van der Waals surface area contributed by atoms with E-state index in [0.29, 0.717) is 55.2 Å². The van der Waals surface area contributed by atoms with Crippen LogP contribution in [0.1, 0.15) is 238 Å². The van der Waals surface area contributed by atoms with Crippen LogP contribution in [0.15, 0.2) is 24.0 Å². The highest BCUT2D eigenvalue weighted by Gasteiger charge is 2.85. The molecule has 1 unspecified atom stereocenters. The highest BCUT2D eigenvalue weighted by Crippen LogP contribution is 2.91. The summed E-state index contributed by atoms with van der Waals surface area (Å²) in [5, 5.41) is 22.8. The number of hydrogen-bond donors (Lipinski definition) is 2. The fourth-order valence-electron chi connectivity index (χ4n) is 22.1. The predicted octanol–water partition coefficient (Wildman–Crippen LogP) is 17.4. The molecule has 10 rings (SSSR count). The molecule has 9 fully saturated rings. The molecule has 2 heteroatoms. The van der Waals surface area contributed by atoms with Crippen molar-refractivity contribution in [2.75, 3.05) is 0 Å². The quantitative estimate of drug-likeness (QED) is 0.215. The van der Waals surface area contributed by atoms with Gasteiger partial charge in [0, 0.05) is 10.8 Å². The zero-order valence-electron chi connectivity index (χ0n) is 44.1. The maximum absolute atomic E-state index is 11.5. The van der Waals surface area contributed by atoms with Gasteiger partial charge in [0.2, 0.25) is 0 Å². The monoisotopic (exact) mass is 867 g/mol. The molecule has 63 heavy (non-hydrogen) atoms. The van der Waals surface area contributed by atoms with Crippen molar-refractivity contribution in [1.82, 2.24) is 0 Å². The lowest BCUT2D eigenvalue weighted by Gasteiger charge is -2.63. The highest BCUT2D eigenvalue weighted by molar-refractivity contribution is 5.39. The van der Waals surface area contributed by atoms with Crippen LogP contribution in [0.3, 0.4) is 0 Å². The molecule has 9 saturated carbocycles. The molecule has 0 radical (unpaired) electrons. The minimum Gasteiger partial charge on any atom is -0.512 e. The summed E-state index contributed by atoms with van der Waals surface area (Å²) in [5.74, 6) is 8.82. The topological polar surface area (TPSA) is 40.5 Å². The van der Waals surface area contributed by atoms with Crippen LogP contribution in [0.4, 0.5) is 0 Å². The Hall–Kier alpha value is -0.760. The van der Waals surface area contributed by atoms with Crippen LogP contribution in [0.25, 0.3) is 0 Å². The normalized spacial score (nSPS) is 51.3. The van der Waals surface area contributed by atoms with Crippen molar-refractivity contribution in [3.63, 3.8) is 0 Å². The van der Waals surface area contributed by atoms with Gasteiger partial charge in [-0.25, -0.2) is 0 Å². The van der Waals surface area contributed by atoms with Crippen LogP contribution in [0, 0.1) is 113 Å². The molecule has 10 aliphatic carbocycles. The third-order valence-corrected chi connectivity index (χ3v) is 26.1. The Morgan fingerprint density at radius 3 is 1.71 bits per heavy atom. The molecule has 0 aliphatic heterocycles. The van der Waals surface area contributed by atoms with Gasteiger partial charge in [-0.2, -0.15) is 0 Å². The second kappa shape index (κ2) is 15.1. The van der Waals surface area contributed by atoms with Crippen LogP contribution in [0.2, 0.25) is 0 Å². The smallest absolute Gasteiger partial charge is 0.0953 e. The molecule has 0 heterocycles. The number of rotatable bonds is 10. The van der Waals surface area contributed by atoms with Crippen molar-refractivity contribution >= 4 is 0 Å². The first kappa shape index (κ1) is 47.3. The van der Waals surface area contributed by atoms with Gasteiger partial charge in [-0.3, -0.25) is 0 Å². The summed E-state index contributed by atoms with van der Waals surface area (Å²) < 4.78 is 0. The Balaban J connectivity index is 0.000000160. The van der Waals surface area contributed by atoms with E-state index in [1.54, 1.807) is 0 Å². The number of fused-ring (bicyclic) bond motifs is 4. The molecular weight excluding hydrogens is 765 g/mol. The Morgan fingerprint density at radius 1 is 0.587 bits per heavy atom. The van der Waals surface area contributed by atoms with Crippen LogP contribution in [-0.4, -0.2) is 16.3 Å². The van der Waals surface area contributed by atoms with E-state index in [1.807, 2.05) is 0 Å². The van der Waals surface area contributed by atoms with E-state index in [0.717, 1.165) is 65.9 Å². The zero-order valence-corrected chi connectivity index (χ0v) is 44.1. The lowest BCUT2D eigenvalue weighted by Crippen LogP contribution is -2.58. The van der Waals surface area contributed by atoms with Crippen LogP contribution in [0.5, 0.6) is 0 Å². The van der Waals surface area contributed by atoms with Crippen molar-refractivity contribution in [2.24, 2.45) is 113 Å². The van der Waals surface area contributed by atoms with Gasteiger partial charge in [-0.1, -0.05) is 128 Å². The summed E-state index contributed by atoms with van der Waals surface area (Å²) >= 11 is 0. The molecule has 17 atom stereocenters. The van der Waals surface area contributed by atoms with Gasteiger partial charge in [0.25, 0.3) is 0 Å². The summed E-state index contributed by atoms with van der Waals surface area (Å²) in [6.07, 6.45) is 31.8. The van der Waals surface area contributed by atoms with Crippen molar-refractivity contribution in [2.45, 2.75) is 244 Å². The first-order valence-electron chi connectivity index (χ1n) is 28.1. The molecule has 0 saturated heterocycles. The highest BCUT2D eigenvalue weighted by atomic mass is 16.3. The average molecular weight is 867 g/mol. The molecule has 0 aromatic rings. The van der Waals surface area contributed by atoms with Crippen molar-refractivity contribution in [3.05, 3.63) is 24.0 Å². The second-order valence-corrected chi connectivity index (χ2v) is 29.5. The summed E-state index contributed by atoms with van der Waals surface area (Å²) in [4.78, 5) is 0. The molecule has 10 aliphatic rings. The maximum atomic E-state index is 11.5. The number of allylic oxidation sites excluding steroid dienone is 3. The lowest BCUT2D eigenvalue weighted by molar-refractivity contribution is -0.169. The summed E-state index contributed by atoms with van der Waals surface area (Å²) in [5.41, 5.74) is 5.42. The Morgan fingerprint density at radius 2 is 1.13 bits per heavy atom. The number of hydrogen-bond acceptors (Lipinski definition) is 2. The molecule has 4 spiro atoms. The minimum absolute atomic E-state index is 0.0329. The van der Waals surface area contributed by atoms with Gasteiger partial charge in [0.05, 0.1) is 11.9 Å². The summed E-state index contributed by atoms with van der Waals surface area (Å²) in [7, 11) is 0. The van der Waals surface area contributed by atoms with Gasteiger partial charge in [-0.05, 0) is 231 Å². The molecule has 2 nitrogen and oxygen atoms in total. The zero-order chi connectivity index (χ0) is 45.8. The SMILES string of the molecule is C=C(CC[C@@H](C)[C@H]1CC[C@@]2(C)[C@@H]3CC[C@H]4C(C)(C)CCC(O)[C@@]45C[C@@]35CC[C@]12C)C(C)C.CC(C)CCC[C@@H](C)[C@H]1CC[C@@]2(C)[C@@H]3CC[C@H]4C(C)(C)CC=C(O)[C@@]45C[C@@]35CC[C@]12C. The second-order valence-electron chi connectivity index (χ2n) is 29.5. The van der Waals surface area contributed by atoms with Crippen LogP contribution >= 0.6 is 0 Å². The first-order chi connectivity index (χ1) is 29.3. The van der Waals surface area contributed by atoms with Crippen molar-refractivity contribution < 1.29 is 10.2 Å². The van der Waals surface area contributed by atoms with E-state index in [9.17, 15) is 10.2 Å². The Labute approximate surface area is 390 Å². The van der Waals surface area contributed by atoms with E-state index in [-0.39, 0.29) is 16.9 Å². The molecule has 0 aromatic carbocycles. The standard InChI is InChI=1S/C31H52O.C30H50O/c1-20(2)21(3)9-10-22(4)23-13-16-29(8)25-12-11-24-27(5,6)15-14-26(32)31(24)19-30(25,31)18-17-28(23,29)7;1-20(2)9-8-10-21(3)22-13-16-28(7)24-12-11-23-26(4,5)15-14-25(31)30(23)19-29(24,30)18-17-27(22,28)6/h20,22-26,32H,3,9-19H2,1-2,4-8H3;14,20-24,31H,8-13,15-19H2,1-7H3/t22-,23-,24+,25+,26?,28-,29+,30+,31-;21-,22-,23+,24+,27-,28+,29+,30-/m11/s1. The molecule has 0 bridgehead atoms. The molecular formula is C61H102O2. The van der Waals surface area contributed by atoms with E-state index in [4.69, 9.17) is 0 Å². The fourth-order valence-corrected chi connectivity index (χ4v) is 22.1. The van der Waals surface area contributed by atoms with Gasteiger partial charge in [-0.15, -0.1) is 0 Å². The molecule has 0 amide bonds. The lowest BCUT2D eigenvalue weighted by atomic mass is 9.41.